The van der Waals surface area contributed by atoms with Crippen LogP contribution in [0.5, 0.6) is 0 Å². The van der Waals surface area contributed by atoms with E-state index in [1.54, 1.807) is 0 Å². The van der Waals surface area contributed by atoms with Gasteiger partial charge in [0.05, 0.1) is 0 Å². The molecule has 6 heteroatoms. The topological polar surface area (TPSA) is 78.9 Å². The maximum Gasteiger partial charge on any atom is 0.306 e. The van der Waals surface area contributed by atoms with Crippen molar-refractivity contribution in [2.45, 2.75) is 245 Å². The zero-order chi connectivity index (χ0) is 45.8. The second kappa shape index (κ2) is 51.2. The van der Waals surface area contributed by atoms with E-state index in [4.69, 9.17) is 14.2 Å². The van der Waals surface area contributed by atoms with Gasteiger partial charge in [0.25, 0.3) is 0 Å². The van der Waals surface area contributed by atoms with Crippen molar-refractivity contribution in [2.75, 3.05) is 13.2 Å². The molecule has 0 rings (SSSR count). The van der Waals surface area contributed by atoms with Crippen LogP contribution in [0.4, 0.5) is 0 Å². The van der Waals surface area contributed by atoms with E-state index in [1.807, 2.05) is 0 Å². The van der Waals surface area contributed by atoms with Crippen molar-refractivity contribution in [1.29, 1.82) is 0 Å². The molecule has 0 saturated carbocycles. The van der Waals surface area contributed by atoms with Gasteiger partial charge in [0.1, 0.15) is 13.2 Å². The van der Waals surface area contributed by atoms with Crippen LogP contribution in [0.25, 0.3) is 0 Å². The Kier molecular flexibility index (Phi) is 48.5. The number of allylic oxidation sites excluding steroid dienone is 14. The monoisotopic (exact) mass is 877 g/mol. The maximum absolute atomic E-state index is 12.8. The molecule has 0 N–H and O–H groups in total. The number of rotatable bonds is 46. The Labute approximate surface area is 388 Å². The fourth-order valence-electron chi connectivity index (χ4n) is 6.91. The van der Waals surface area contributed by atoms with Crippen LogP contribution >= 0.6 is 0 Å². The van der Waals surface area contributed by atoms with E-state index < -0.39 is 6.10 Å². The number of carbonyl (C=O) groups excluding carboxylic acids is 3. The van der Waals surface area contributed by atoms with Gasteiger partial charge >= 0.3 is 17.9 Å². The molecule has 0 aromatic rings. The van der Waals surface area contributed by atoms with Crippen LogP contribution in [-0.2, 0) is 28.6 Å². The summed E-state index contributed by atoms with van der Waals surface area (Å²) in [5.74, 6) is -0.935. The second-order valence-corrected chi connectivity index (χ2v) is 17.0. The minimum Gasteiger partial charge on any atom is -0.462 e. The quantitative estimate of drug-likeness (QED) is 0.0262. The first-order valence-electron chi connectivity index (χ1n) is 26.1. The highest BCUT2D eigenvalue weighted by atomic mass is 16.6. The third-order valence-corrected chi connectivity index (χ3v) is 10.9. The van der Waals surface area contributed by atoms with Gasteiger partial charge in [0.2, 0.25) is 0 Å². The van der Waals surface area contributed by atoms with Crippen LogP contribution in [0.3, 0.4) is 0 Å². The largest absolute Gasteiger partial charge is 0.462 e. The lowest BCUT2D eigenvalue weighted by molar-refractivity contribution is -0.167. The Balaban J connectivity index is 4.41. The molecule has 0 aliphatic carbocycles. The Morgan fingerprint density at radius 1 is 0.333 bits per heavy atom. The Hall–Kier alpha value is -3.41. The number of esters is 3. The van der Waals surface area contributed by atoms with Crippen LogP contribution < -0.4 is 0 Å². The second-order valence-electron chi connectivity index (χ2n) is 17.0. The lowest BCUT2D eigenvalue weighted by atomic mass is 10.1. The molecule has 0 heterocycles. The minimum atomic E-state index is -0.794. The van der Waals surface area contributed by atoms with Crippen molar-refractivity contribution in [3.05, 3.63) is 85.1 Å². The molecule has 1 atom stereocenters. The normalized spacial score (nSPS) is 12.7. The number of hydrogen-bond donors (Lipinski definition) is 0. The van der Waals surface area contributed by atoms with Crippen LogP contribution in [0.15, 0.2) is 85.1 Å². The summed E-state index contributed by atoms with van der Waals surface area (Å²) in [5.41, 5.74) is 0. The average Bonchev–Trinajstić information content (AvgIpc) is 3.28. The summed E-state index contributed by atoms with van der Waals surface area (Å²) in [5, 5.41) is 0. The van der Waals surface area contributed by atoms with Gasteiger partial charge in [0.15, 0.2) is 6.10 Å². The van der Waals surface area contributed by atoms with E-state index in [2.05, 4.69) is 106 Å². The molecule has 0 fully saturated rings. The predicted octanol–water partition coefficient (Wildman–Crippen LogP) is 17.2. The predicted molar refractivity (Wildman–Crippen MR) is 270 cm³/mol. The van der Waals surface area contributed by atoms with E-state index in [1.165, 1.54) is 77.0 Å². The van der Waals surface area contributed by atoms with Gasteiger partial charge in [-0.3, -0.25) is 14.4 Å². The van der Waals surface area contributed by atoms with E-state index in [9.17, 15) is 14.4 Å². The summed E-state index contributed by atoms with van der Waals surface area (Å²) in [7, 11) is 0. The van der Waals surface area contributed by atoms with Crippen molar-refractivity contribution in [3.63, 3.8) is 0 Å². The molecule has 63 heavy (non-hydrogen) atoms. The highest BCUT2D eigenvalue weighted by Gasteiger charge is 2.19. The van der Waals surface area contributed by atoms with E-state index in [-0.39, 0.29) is 31.1 Å². The molecule has 360 valence electrons. The average molecular weight is 877 g/mol. The van der Waals surface area contributed by atoms with Gasteiger partial charge in [-0.1, -0.05) is 196 Å². The summed E-state index contributed by atoms with van der Waals surface area (Å²) in [4.78, 5) is 38.0. The summed E-state index contributed by atoms with van der Waals surface area (Å²) in [6, 6.07) is 0. The molecule has 0 aromatic heterocycles. The summed E-state index contributed by atoms with van der Waals surface area (Å²) < 4.78 is 16.8. The summed E-state index contributed by atoms with van der Waals surface area (Å²) in [6.07, 6.45) is 65.6. The van der Waals surface area contributed by atoms with E-state index in [0.29, 0.717) is 19.3 Å². The first-order chi connectivity index (χ1) is 31.0. The SMILES string of the molecule is CC/C=C\C/C=C\C/C=C\C/C=C\CCCCCCC(=O)OC[C@H](COC(=O)CCCCCCCCC/C=C\C/C=C\CCCCC)OC(=O)CCCCCCC/C=C\CCCC. The van der Waals surface area contributed by atoms with Crippen molar-refractivity contribution < 1.29 is 28.6 Å². The molecule has 6 nitrogen and oxygen atoms in total. The fourth-order valence-corrected chi connectivity index (χ4v) is 6.91. The Bertz CT molecular complexity index is 1240. The smallest absolute Gasteiger partial charge is 0.306 e. The Morgan fingerprint density at radius 2 is 0.635 bits per heavy atom. The van der Waals surface area contributed by atoms with Crippen LogP contribution in [-0.4, -0.2) is 37.2 Å². The van der Waals surface area contributed by atoms with Crippen molar-refractivity contribution in [3.8, 4) is 0 Å². The molecule has 0 amide bonds. The minimum absolute atomic E-state index is 0.0926. The van der Waals surface area contributed by atoms with Crippen LogP contribution in [0.1, 0.15) is 239 Å². The number of hydrogen-bond acceptors (Lipinski definition) is 6. The molecule has 0 aromatic carbocycles. The molecule has 0 aliphatic heterocycles. The van der Waals surface area contributed by atoms with Crippen molar-refractivity contribution in [1.82, 2.24) is 0 Å². The first kappa shape index (κ1) is 59.6. The zero-order valence-corrected chi connectivity index (χ0v) is 41.1. The van der Waals surface area contributed by atoms with E-state index in [0.717, 1.165) is 122 Å². The molecular weight excluding hydrogens is 781 g/mol. The van der Waals surface area contributed by atoms with Crippen LogP contribution in [0, 0.1) is 0 Å². The molecule has 0 spiro atoms. The summed E-state index contributed by atoms with van der Waals surface area (Å²) >= 11 is 0. The Morgan fingerprint density at radius 3 is 1.03 bits per heavy atom. The molecule has 0 bridgehead atoms. The maximum atomic E-state index is 12.8. The molecule has 0 radical (unpaired) electrons. The molecule has 0 aliphatic rings. The lowest BCUT2D eigenvalue weighted by Crippen LogP contribution is -2.30. The van der Waals surface area contributed by atoms with Gasteiger partial charge in [-0.25, -0.2) is 0 Å². The number of ether oxygens (including phenoxy) is 3. The van der Waals surface area contributed by atoms with Gasteiger partial charge in [-0.15, -0.1) is 0 Å². The molecular formula is C57H96O6. The standard InChI is InChI=1S/C57H96O6/c1-4-7-10-13-16-19-22-24-26-28-30-32-35-37-40-43-46-49-55(58)61-52-54(63-57(60)51-48-45-42-39-34-21-18-15-12-9-6-3)53-62-56(59)50-47-44-41-38-36-33-31-29-27-25-23-20-17-14-11-8-5-2/h7,10,15-20,24-27,30,32,54H,4-6,8-9,11-14,21-23,28-29,31,33-53H2,1-3H3/b10-7-,18-15-,19-16-,20-17-,26-24-,27-25-,32-30-/t54-/m1/s1. The highest BCUT2D eigenvalue weighted by Crippen LogP contribution is 2.14. The van der Waals surface area contributed by atoms with Crippen LogP contribution in [0.2, 0.25) is 0 Å². The molecule has 0 unspecified atom stereocenters. The number of carbonyl (C=O) groups is 3. The third kappa shape index (κ3) is 49.5. The van der Waals surface area contributed by atoms with E-state index >= 15 is 0 Å². The third-order valence-electron chi connectivity index (χ3n) is 10.9. The first-order valence-corrected chi connectivity index (χ1v) is 26.1. The zero-order valence-electron chi connectivity index (χ0n) is 41.1. The fraction of sp³-hybridized carbons (Fsp3) is 0.702. The number of unbranched alkanes of at least 4 members (excludes halogenated alkanes) is 21. The summed E-state index contributed by atoms with van der Waals surface area (Å²) in [6.45, 7) is 6.42. The van der Waals surface area contributed by atoms with Crippen molar-refractivity contribution in [2.24, 2.45) is 0 Å². The van der Waals surface area contributed by atoms with Gasteiger partial charge < -0.3 is 14.2 Å². The van der Waals surface area contributed by atoms with Crippen molar-refractivity contribution >= 4 is 17.9 Å². The van der Waals surface area contributed by atoms with Gasteiger partial charge in [-0.2, -0.15) is 0 Å². The molecule has 0 saturated heterocycles. The lowest BCUT2D eigenvalue weighted by Gasteiger charge is -2.18. The van der Waals surface area contributed by atoms with Gasteiger partial charge in [0, 0.05) is 19.3 Å². The highest BCUT2D eigenvalue weighted by molar-refractivity contribution is 5.71. The van der Waals surface area contributed by atoms with Gasteiger partial charge in [-0.05, 0) is 109 Å².